The third-order valence-electron chi connectivity index (χ3n) is 4.15. The molecule has 124 valence electrons. The van der Waals surface area contributed by atoms with Crippen LogP contribution in [0.4, 0.5) is 0 Å². The van der Waals surface area contributed by atoms with Crippen LogP contribution in [0.5, 0.6) is 5.75 Å². The highest BCUT2D eigenvalue weighted by atomic mass is 79.9. The van der Waals surface area contributed by atoms with Gasteiger partial charge in [0.1, 0.15) is 5.75 Å². The highest BCUT2D eigenvalue weighted by molar-refractivity contribution is 9.10. The van der Waals surface area contributed by atoms with Gasteiger partial charge in [0.2, 0.25) is 5.91 Å². The van der Waals surface area contributed by atoms with Gasteiger partial charge in [-0.1, -0.05) is 47.1 Å². The molecule has 0 saturated heterocycles. The van der Waals surface area contributed by atoms with Gasteiger partial charge in [0.05, 0.1) is 18.9 Å². The van der Waals surface area contributed by atoms with Crippen LogP contribution in [0.3, 0.4) is 0 Å². The number of benzene rings is 2. The molecule has 2 aromatic carbocycles. The first-order valence-electron chi connectivity index (χ1n) is 7.91. The number of nitrogens with zero attached hydrogens (tertiary/aromatic N) is 2. The van der Waals surface area contributed by atoms with Crippen LogP contribution in [0, 0.1) is 0 Å². The van der Waals surface area contributed by atoms with Gasteiger partial charge in [-0.05, 0) is 35.4 Å². The molecule has 0 spiro atoms. The zero-order chi connectivity index (χ0) is 17.1. The maximum absolute atomic E-state index is 12.3. The minimum Gasteiger partial charge on any atom is -0.497 e. The van der Waals surface area contributed by atoms with Crippen molar-refractivity contribution in [3.63, 3.8) is 0 Å². The van der Waals surface area contributed by atoms with Crippen molar-refractivity contribution in [1.82, 2.24) is 5.01 Å². The third kappa shape index (κ3) is 3.36. The summed E-state index contributed by atoms with van der Waals surface area (Å²) in [5.74, 6) is 0.835. The molecule has 1 aliphatic heterocycles. The summed E-state index contributed by atoms with van der Waals surface area (Å²) in [4.78, 5) is 12.3. The van der Waals surface area contributed by atoms with Crippen molar-refractivity contribution in [1.29, 1.82) is 0 Å². The van der Waals surface area contributed by atoms with E-state index in [0.717, 1.165) is 27.1 Å². The predicted molar refractivity (Wildman–Crippen MR) is 98.2 cm³/mol. The molecule has 1 amide bonds. The zero-order valence-corrected chi connectivity index (χ0v) is 15.3. The minimum atomic E-state index is -0.0676. The molecular formula is C19H19BrN2O2. The Balaban J connectivity index is 1.91. The van der Waals surface area contributed by atoms with Crippen LogP contribution < -0.4 is 4.74 Å². The van der Waals surface area contributed by atoms with Crippen LogP contribution >= 0.6 is 15.9 Å². The lowest BCUT2D eigenvalue weighted by Gasteiger charge is -2.21. The molecule has 1 aliphatic rings. The van der Waals surface area contributed by atoms with Crippen molar-refractivity contribution in [2.75, 3.05) is 7.11 Å². The number of hydrogen-bond donors (Lipinski definition) is 0. The fraction of sp³-hybridized carbons (Fsp3) is 0.263. The van der Waals surface area contributed by atoms with E-state index in [2.05, 4.69) is 21.0 Å². The lowest BCUT2D eigenvalue weighted by atomic mass is 9.98. The number of ether oxygens (including phenoxy) is 1. The van der Waals surface area contributed by atoms with Gasteiger partial charge in [-0.3, -0.25) is 4.79 Å². The van der Waals surface area contributed by atoms with E-state index < -0.39 is 0 Å². The van der Waals surface area contributed by atoms with E-state index in [9.17, 15) is 4.79 Å². The monoisotopic (exact) mass is 386 g/mol. The van der Waals surface area contributed by atoms with Crippen molar-refractivity contribution in [2.45, 2.75) is 25.8 Å². The Bertz CT molecular complexity index is 754. The number of amides is 1. The lowest BCUT2D eigenvalue weighted by Crippen LogP contribution is -2.26. The van der Waals surface area contributed by atoms with Gasteiger partial charge >= 0.3 is 0 Å². The van der Waals surface area contributed by atoms with E-state index in [1.165, 1.54) is 0 Å². The smallest absolute Gasteiger partial charge is 0.242 e. The van der Waals surface area contributed by atoms with Crippen molar-refractivity contribution in [3.05, 3.63) is 64.1 Å². The molecule has 5 heteroatoms. The molecule has 0 saturated carbocycles. The van der Waals surface area contributed by atoms with E-state index in [1.807, 2.05) is 55.5 Å². The average molecular weight is 387 g/mol. The Morgan fingerprint density at radius 1 is 1.21 bits per heavy atom. The second-order valence-electron chi connectivity index (χ2n) is 5.64. The summed E-state index contributed by atoms with van der Waals surface area (Å²) in [5, 5.41) is 6.24. The second-order valence-corrected chi connectivity index (χ2v) is 6.55. The van der Waals surface area contributed by atoms with Gasteiger partial charge in [-0.15, -0.1) is 0 Å². The number of hydrazone groups is 1. The summed E-state index contributed by atoms with van der Waals surface area (Å²) in [7, 11) is 1.65. The summed E-state index contributed by atoms with van der Waals surface area (Å²) in [6, 6.07) is 15.8. The molecule has 0 bridgehead atoms. The van der Waals surface area contributed by atoms with E-state index in [4.69, 9.17) is 4.74 Å². The molecule has 0 radical (unpaired) electrons. The Kier molecular flexibility index (Phi) is 5.00. The van der Waals surface area contributed by atoms with Gasteiger partial charge in [0, 0.05) is 17.3 Å². The number of carbonyl (C=O) groups excluding carboxylic acids is 1. The predicted octanol–water partition coefficient (Wildman–Crippen LogP) is 4.55. The molecular weight excluding hydrogens is 368 g/mol. The number of halogens is 1. The first-order valence-corrected chi connectivity index (χ1v) is 8.71. The Hall–Kier alpha value is -2.14. The van der Waals surface area contributed by atoms with Gasteiger partial charge in [-0.25, -0.2) is 5.01 Å². The number of rotatable bonds is 4. The molecule has 0 N–H and O–H groups in total. The second kappa shape index (κ2) is 7.18. The molecule has 3 rings (SSSR count). The summed E-state index contributed by atoms with van der Waals surface area (Å²) < 4.78 is 6.24. The lowest BCUT2D eigenvalue weighted by molar-refractivity contribution is -0.132. The largest absolute Gasteiger partial charge is 0.497 e. The van der Waals surface area contributed by atoms with E-state index in [1.54, 1.807) is 12.1 Å². The molecule has 4 nitrogen and oxygen atoms in total. The maximum Gasteiger partial charge on any atom is 0.242 e. The van der Waals surface area contributed by atoms with Gasteiger partial charge in [0.25, 0.3) is 0 Å². The summed E-state index contributed by atoms with van der Waals surface area (Å²) in [6.07, 6.45) is 1.14. The Morgan fingerprint density at radius 3 is 2.46 bits per heavy atom. The van der Waals surface area contributed by atoms with Crippen molar-refractivity contribution in [3.8, 4) is 5.75 Å². The fourth-order valence-corrected chi connectivity index (χ4v) is 3.07. The molecule has 0 fully saturated rings. The molecule has 1 atom stereocenters. The molecule has 0 aromatic heterocycles. The minimum absolute atomic E-state index is 0.0305. The van der Waals surface area contributed by atoms with Crippen LogP contribution in [0.1, 0.15) is 36.9 Å². The summed E-state index contributed by atoms with van der Waals surface area (Å²) in [5.41, 5.74) is 3.04. The number of carbonyl (C=O) groups is 1. The van der Waals surface area contributed by atoms with Crippen LogP contribution in [0.2, 0.25) is 0 Å². The summed E-state index contributed by atoms with van der Waals surface area (Å²) in [6.45, 7) is 1.86. The standard InChI is InChI=1S/C19H19BrN2O2/c1-3-19(23)22-18(14-6-10-16(24-2)11-7-14)12-17(21-22)13-4-8-15(20)9-5-13/h4-11,18H,3,12H2,1-2H3/t18-/m1/s1. The fourth-order valence-electron chi connectivity index (χ4n) is 2.80. The summed E-state index contributed by atoms with van der Waals surface area (Å²) >= 11 is 3.45. The van der Waals surface area contributed by atoms with E-state index in [0.29, 0.717) is 12.8 Å². The highest BCUT2D eigenvalue weighted by Crippen LogP contribution is 2.34. The van der Waals surface area contributed by atoms with Crippen molar-refractivity contribution in [2.24, 2.45) is 5.10 Å². The van der Waals surface area contributed by atoms with Crippen LogP contribution in [0.25, 0.3) is 0 Å². The van der Waals surface area contributed by atoms with Crippen LogP contribution in [-0.2, 0) is 4.79 Å². The highest BCUT2D eigenvalue weighted by Gasteiger charge is 2.32. The SMILES string of the molecule is CCC(=O)N1N=C(c2ccc(Br)cc2)C[C@@H]1c1ccc(OC)cc1. The van der Waals surface area contributed by atoms with Crippen molar-refractivity contribution < 1.29 is 9.53 Å². The number of methoxy groups -OCH3 is 1. The maximum atomic E-state index is 12.3. The first-order chi connectivity index (χ1) is 11.6. The third-order valence-corrected chi connectivity index (χ3v) is 4.68. The molecule has 0 aliphatic carbocycles. The molecule has 24 heavy (non-hydrogen) atoms. The van der Waals surface area contributed by atoms with E-state index >= 15 is 0 Å². The van der Waals surface area contributed by atoms with Gasteiger partial charge in [-0.2, -0.15) is 5.10 Å². The molecule has 2 aromatic rings. The van der Waals surface area contributed by atoms with Crippen LogP contribution in [0.15, 0.2) is 58.1 Å². The topological polar surface area (TPSA) is 41.9 Å². The van der Waals surface area contributed by atoms with E-state index in [-0.39, 0.29) is 11.9 Å². The van der Waals surface area contributed by atoms with Crippen molar-refractivity contribution >= 4 is 27.5 Å². The normalized spacial score (nSPS) is 16.9. The first kappa shape index (κ1) is 16.7. The Morgan fingerprint density at radius 2 is 1.88 bits per heavy atom. The average Bonchev–Trinajstić information content (AvgIpc) is 3.07. The quantitative estimate of drug-likeness (QED) is 0.773. The number of hydrogen-bond acceptors (Lipinski definition) is 3. The molecule has 1 heterocycles. The molecule has 0 unspecified atom stereocenters. The zero-order valence-electron chi connectivity index (χ0n) is 13.7. The van der Waals surface area contributed by atoms with Gasteiger partial charge in [0.15, 0.2) is 0 Å². The Labute approximate surface area is 150 Å². The van der Waals surface area contributed by atoms with Crippen LogP contribution in [-0.4, -0.2) is 23.7 Å². The van der Waals surface area contributed by atoms with Gasteiger partial charge < -0.3 is 4.74 Å².